The summed E-state index contributed by atoms with van der Waals surface area (Å²) < 4.78 is 23.2. The minimum Gasteiger partial charge on any atom is -0.465 e. The van der Waals surface area contributed by atoms with Crippen LogP contribution < -0.4 is 5.32 Å². The van der Waals surface area contributed by atoms with Gasteiger partial charge in [0.25, 0.3) is 5.79 Å². The van der Waals surface area contributed by atoms with Crippen molar-refractivity contribution in [1.82, 2.24) is 5.32 Å². The lowest BCUT2D eigenvalue weighted by Crippen LogP contribution is -2.67. The minimum atomic E-state index is -1.89. The summed E-state index contributed by atoms with van der Waals surface area (Å²) in [4.78, 5) is 12.2. The van der Waals surface area contributed by atoms with Crippen LogP contribution in [0.5, 0.6) is 0 Å². The molecule has 6 unspecified atom stereocenters. The molecule has 0 saturated carbocycles. The molecule has 4 N–H and O–H groups in total. The van der Waals surface area contributed by atoms with Gasteiger partial charge in [0.15, 0.2) is 0 Å². The van der Waals surface area contributed by atoms with Crippen LogP contribution in [-0.2, 0) is 19.0 Å². The van der Waals surface area contributed by atoms with Gasteiger partial charge in [0.1, 0.15) is 12.2 Å². The number of hydrogen-bond donors (Lipinski definition) is 4. The van der Waals surface area contributed by atoms with Gasteiger partial charge < -0.3 is 34.8 Å². The standard InChI is InChI=1S/C14H27NO7.CH4/c1-7(2)21-14(13(19)20-5)6-9(17)10(15-4)12(22-14)11(18)8(3)16;/h7-12,15-18H,6H2,1-5H3;1H4/i3D;. The van der Waals surface area contributed by atoms with Crippen molar-refractivity contribution in [3.05, 3.63) is 0 Å². The van der Waals surface area contributed by atoms with Crippen LogP contribution in [0, 0.1) is 0 Å². The van der Waals surface area contributed by atoms with Crippen LogP contribution in [0.3, 0.4) is 0 Å². The first kappa shape index (κ1) is 20.3. The number of esters is 1. The zero-order valence-electron chi connectivity index (χ0n) is 14.4. The van der Waals surface area contributed by atoms with Crippen LogP contribution in [0.25, 0.3) is 0 Å². The summed E-state index contributed by atoms with van der Waals surface area (Å²) in [7, 11) is 2.72. The Kier molecular flexibility index (Phi) is 7.85. The van der Waals surface area contributed by atoms with E-state index in [9.17, 15) is 20.1 Å². The molecular weight excluding hydrogens is 306 g/mol. The van der Waals surface area contributed by atoms with Crippen LogP contribution in [0.15, 0.2) is 0 Å². The van der Waals surface area contributed by atoms with E-state index in [1.165, 1.54) is 0 Å². The average Bonchev–Trinajstić information content (AvgIpc) is 2.51. The van der Waals surface area contributed by atoms with Crippen molar-refractivity contribution in [3.63, 3.8) is 0 Å². The molecule has 8 heteroatoms. The zero-order chi connectivity index (χ0) is 17.8. The number of hydrogen-bond acceptors (Lipinski definition) is 8. The van der Waals surface area contributed by atoms with E-state index in [4.69, 9.17) is 15.6 Å². The van der Waals surface area contributed by atoms with Crippen LogP contribution in [0.1, 0.15) is 36.0 Å². The van der Waals surface area contributed by atoms with Gasteiger partial charge in [-0.3, -0.25) is 0 Å². The molecule has 138 valence electrons. The monoisotopic (exact) mass is 338 g/mol. The van der Waals surface area contributed by atoms with E-state index in [1.54, 1.807) is 20.9 Å². The highest BCUT2D eigenvalue weighted by atomic mass is 16.7. The van der Waals surface area contributed by atoms with Gasteiger partial charge in [0, 0.05) is 7.79 Å². The number of rotatable bonds is 6. The Morgan fingerprint density at radius 1 is 1.48 bits per heavy atom. The molecule has 0 aromatic heterocycles. The molecular formula is C15H31NO7. The second kappa shape index (κ2) is 8.91. The van der Waals surface area contributed by atoms with Gasteiger partial charge in [-0.1, -0.05) is 7.43 Å². The molecule has 0 radical (unpaired) electrons. The first-order valence-electron chi connectivity index (χ1n) is 7.87. The number of methoxy groups -OCH3 is 1. The lowest BCUT2D eigenvalue weighted by atomic mass is 9.89. The number of ether oxygens (including phenoxy) is 3. The van der Waals surface area contributed by atoms with Gasteiger partial charge in [0.2, 0.25) is 0 Å². The van der Waals surface area contributed by atoms with Gasteiger partial charge >= 0.3 is 5.97 Å². The smallest absolute Gasteiger partial charge is 0.366 e. The SMILES string of the molecule is C.[2H]CC(O)C(O)C1OC(OC(C)C)(C(=O)OC)CC(O)C1NC. The fourth-order valence-corrected chi connectivity index (χ4v) is 2.61. The number of likely N-dealkylation sites (N-methyl/N-ethyl adjacent to an activating group) is 1. The summed E-state index contributed by atoms with van der Waals surface area (Å²) in [6.07, 6.45) is -5.74. The first-order chi connectivity index (χ1) is 10.7. The number of aliphatic hydroxyl groups excluding tert-OH is 3. The topological polar surface area (TPSA) is 117 Å². The first-order valence-corrected chi connectivity index (χ1v) is 7.17. The molecule has 0 amide bonds. The maximum atomic E-state index is 12.2. The third-order valence-corrected chi connectivity index (χ3v) is 3.56. The molecule has 1 rings (SSSR count). The second-order valence-electron chi connectivity index (χ2n) is 5.64. The Bertz CT molecular complexity index is 398. The van der Waals surface area contributed by atoms with Crippen molar-refractivity contribution in [3.8, 4) is 0 Å². The maximum Gasteiger partial charge on any atom is 0.366 e. The molecule has 0 spiro atoms. The van der Waals surface area contributed by atoms with Gasteiger partial charge in [-0.2, -0.15) is 0 Å². The van der Waals surface area contributed by atoms with E-state index < -0.39 is 55.2 Å². The lowest BCUT2D eigenvalue weighted by Gasteiger charge is -2.47. The summed E-state index contributed by atoms with van der Waals surface area (Å²) in [5, 5.41) is 33.1. The lowest BCUT2D eigenvalue weighted by molar-refractivity contribution is -0.320. The molecule has 1 aliphatic heterocycles. The van der Waals surface area contributed by atoms with Crippen molar-refractivity contribution in [2.75, 3.05) is 14.2 Å². The predicted octanol–water partition coefficient (Wildman–Crippen LogP) is -0.604. The van der Waals surface area contributed by atoms with Crippen LogP contribution in [-0.4, -0.2) is 77.8 Å². The van der Waals surface area contributed by atoms with E-state index in [0.717, 1.165) is 7.11 Å². The van der Waals surface area contributed by atoms with E-state index in [-0.39, 0.29) is 13.8 Å². The second-order valence-corrected chi connectivity index (χ2v) is 5.64. The summed E-state index contributed by atoms with van der Waals surface area (Å²) in [6.45, 7) is 2.92. The van der Waals surface area contributed by atoms with E-state index in [2.05, 4.69) is 5.32 Å². The average molecular weight is 338 g/mol. The highest BCUT2D eigenvalue weighted by molar-refractivity contribution is 5.78. The van der Waals surface area contributed by atoms with E-state index in [0.29, 0.717) is 0 Å². The number of aliphatic hydroxyl groups is 3. The fourth-order valence-electron chi connectivity index (χ4n) is 2.61. The summed E-state index contributed by atoms with van der Waals surface area (Å²) in [6, 6.07) is -0.750. The quantitative estimate of drug-likeness (QED) is 0.474. The van der Waals surface area contributed by atoms with Gasteiger partial charge in [0.05, 0.1) is 31.5 Å². The molecule has 0 aliphatic carbocycles. The van der Waals surface area contributed by atoms with Gasteiger partial charge in [-0.25, -0.2) is 4.79 Å². The normalized spacial score (nSPS) is 34.3. The molecule has 1 aliphatic rings. The molecule has 1 heterocycles. The summed E-state index contributed by atoms with van der Waals surface area (Å²) >= 11 is 0. The largest absolute Gasteiger partial charge is 0.465 e. The van der Waals surface area contributed by atoms with Crippen molar-refractivity contribution in [2.45, 2.75) is 76.9 Å². The molecule has 0 aromatic carbocycles. The van der Waals surface area contributed by atoms with Crippen LogP contribution >= 0.6 is 0 Å². The predicted molar refractivity (Wildman–Crippen MR) is 83.7 cm³/mol. The van der Waals surface area contributed by atoms with Gasteiger partial charge in [-0.05, 0) is 27.8 Å². The van der Waals surface area contributed by atoms with Crippen LogP contribution in [0.2, 0.25) is 0 Å². The van der Waals surface area contributed by atoms with Crippen molar-refractivity contribution >= 4 is 5.97 Å². The third kappa shape index (κ3) is 4.85. The molecule has 23 heavy (non-hydrogen) atoms. The highest BCUT2D eigenvalue weighted by Gasteiger charge is 2.55. The molecule has 0 bridgehead atoms. The fraction of sp³-hybridized carbons (Fsp3) is 0.933. The maximum absolute atomic E-state index is 12.2. The zero-order valence-corrected chi connectivity index (χ0v) is 13.4. The van der Waals surface area contributed by atoms with Crippen LogP contribution in [0.4, 0.5) is 0 Å². The Morgan fingerprint density at radius 3 is 2.52 bits per heavy atom. The molecule has 0 aromatic rings. The number of nitrogens with one attached hydrogen (secondary N) is 1. The van der Waals surface area contributed by atoms with E-state index in [1.807, 2.05) is 0 Å². The minimum absolute atomic E-state index is 0. The molecule has 6 atom stereocenters. The van der Waals surface area contributed by atoms with Crippen molar-refractivity contribution in [1.29, 1.82) is 0 Å². The third-order valence-electron chi connectivity index (χ3n) is 3.56. The highest BCUT2D eigenvalue weighted by Crippen LogP contribution is 2.34. The number of carbonyl (C=O) groups is 1. The number of carbonyl (C=O) groups excluding carboxylic acids is 1. The van der Waals surface area contributed by atoms with Gasteiger partial charge in [-0.15, -0.1) is 0 Å². The Labute approximate surface area is 139 Å². The van der Waals surface area contributed by atoms with Crippen molar-refractivity contribution in [2.24, 2.45) is 0 Å². The Balaban J connectivity index is 0.00000529. The Morgan fingerprint density at radius 2 is 2.09 bits per heavy atom. The summed E-state index contributed by atoms with van der Waals surface area (Å²) in [5.74, 6) is -2.72. The Hall–Kier alpha value is -0.770. The molecule has 1 saturated heterocycles. The van der Waals surface area contributed by atoms with Crippen molar-refractivity contribution < 1.29 is 35.7 Å². The molecule has 1 fully saturated rings. The summed E-state index contributed by atoms with van der Waals surface area (Å²) in [5.41, 5.74) is 0. The molecule has 8 nitrogen and oxygen atoms in total. The van der Waals surface area contributed by atoms with E-state index >= 15 is 0 Å².